The quantitative estimate of drug-likeness (QED) is 0.868. The molecule has 4 rings (SSSR count). The van der Waals surface area contributed by atoms with Crippen LogP contribution in [0.4, 0.5) is 0 Å². The van der Waals surface area contributed by atoms with E-state index in [1.807, 2.05) is 4.90 Å². The summed E-state index contributed by atoms with van der Waals surface area (Å²) in [5.41, 5.74) is 0.311. The number of ether oxygens (including phenoxy) is 1. The highest BCUT2D eigenvalue weighted by atomic mass is 16.5. The molecule has 7 heteroatoms. The molecule has 1 aromatic heterocycles. The summed E-state index contributed by atoms with van der Waals surface area (Å²) in [6.07, 6.45) is 8.52. The highest BCUT2D eigenvalue weighted by Gasteiger charge is 2.49. The largest absolute Gasteiger partial charge is 0.369 e. The predicted octanol–water partition coefficient (Wildman–Crippen LogP) is 0.375. The maximum Gasteiger partial charge on any atom is 0.271 e. The third kappa shape index (κ3) is 2.93. The fourth-order valence-corrected chi connectivity index (χ4v) is 3.34. The van der Waals surface area contributed by atoms with Gasteiger partial charge in [-0.25, -0.2) is 4.98 Å². The third-order valence-corrected chi connectivity index (χ3v) is 4.85. The molecule has 3 fully saturated rings. The van der Waals surface area contributed by atoms with E-state index in [0.29, 0.717) is 24.7 Å². The molecule has 1 aromatic rings. The monoisotopic (exact) mass is 316 g/mol. The fourth-order valence-electron chi connectivity index (χ4n) is 3.34. The van der Waals surface area contributed by atoms with Gasteiger partial charge in [0.2, 0.25) is 5.91 Å². The molecule has 0 bridgehead atoms. The van der Waals surface area contributed by atoms with Gasteiger partial charge in [-0.3, -0.25) is 14.6 Å². The van der Waals surface area contributed by atoms with Crippen LogP contribution in [-0.2, 0) is 9.53 Å². The number of aromatic nitrogens is 2. The highest BCUT2D eigenvalue weighted by molar-refractivity contribution is 5.91. The normalized spacial score (nSPS) is 29.4. The van der Waals surface area contributed by atoms with Gasteiger partial charge in [0.25, 0.3) is 5.91 Å². The average Bonchev–Trinajstić information content (AvgIpc) is 3.40. The summed E-state index contributed by atoms with van der Waals surface area (Å²) in [4.78, 5) is 33.9. The van der Waals surface area contributed by atoms with E-state index in [2.05, 4.69) is 15.3 Å². The van der Waals surface area contributed by atoms with Crippen molar-refractivity contribution in [1.29, 1.82) is 0 Å². The number of hydrogen-bond acceptors (Lipinski definition) is 5. The Bertz CT molecular complexity index is 605. The summed E-state index contributed by atoms with van der Waals surface area (Å²) in [6, 6.07) is 0.245. The van der Waals surface area contributed by atoms with Crippen molar-refractivity contribution in [3.63, 3.8) is 0 Å². The first kappa shape index (κ1) is 14.6. The average molecular weight is 316 g/mol. The number of carbonyl (C=O) groups is 2. The maximum absolute atomic E-state index is 12.1. The molecule has 3 aliphatic rings. The lowest BCUT2D eigenvalue weighted by atomic mass is 9.89. The van der Waals surface area contributed by atoms with Crippen LogP contribution in [0, 0.1) is 5.92 Å². The molecule has 3 heterocycles. The predicted molar refractivity (Wildman–Crippen MR) is 80.5 cm³/mol. The summed E-state index contributed by atoms with van der Waals surface area (Å²) in [5.74, 6) is 0.354. The second-order valence-electron chi connectivity index (χ2n) is 6.51. The maximum atomic E-state index is 12.1. The molecular formula is C16H20N4O3. The topological polar surface area (TPSA) is 84.4 Å². The standard InChI is InChI=1S/C16H20N4O3/c21-15(12-8-17-5-6-18-12)19-7-11-3-4-13-14(23-11)9-20(13)16(22)10-1-2-10/h5-6,8,10-11,13-14H,1-4,7,9H2,(H,19,21)/t11-,13-,14-/m0/s1. The number of fused-ring (bicyclic) bond motifs is 1. The Labute approximate surface area is 134 Å². The van der Waals surface area contributed by atoms with Crippen molar-refractivity contribution in [3.8, 4) is 0 Å². The van der Waals surface area contributed by atoms with Gasteiger partial charge in [-0.15, -0.1) is 0 Å². The van der Waals surface area contributed by atoms with Crippen molar-refractivity contribution < 1.29 is 14.3 Å². The van der Waals surface area contributed by atoms with Crippen LogP contribution < -0.4 is 5.32 Å². The first-order valence-corrected chi connectivity index (χ1v) is 8.22. The summed E-state index contributed by atoms with van der Waals surface area (Å²) in [5, 5.41) is 2.84. The molecule has 7 nitrogen and oxygen atoms in total. The molecular weight excluding hydrogens is 296 g/mol. The SMILES string of the molecule is O=C(NC[C@@H]1CC[C@H]2[C@H](CN2C(=O)C2CC2)O1)c1cnccn1. The van der Waals surface area contributed by atoms with Crippen molar-refractivity contribution in [2.24, 2.45) is 5.92 Å². The van der Waals surface area contributed by atoms with Crippen LogP contribution >= 0.6 is 0 Å². The Morgan fingerprint density at radius 1 is 1.26 bits per heavy atom. The van der Waals surface area contributed by atoms with E-state index >= 15 is 0 Å². The van der Waals surface area contributed by atoms with Gasteiger partial charge in [0.05, 0.1) is 24.4 Å². The molecule has 0 spiro atoms. The molecule has 3 atom stereocenters. The smallest absolute Gasteiger partial charge is 0.271 e. The van der Waals surface area contributed by atoms with Crippen LogP contribution in [-0.4, -0.2) is 58.0 Å². The number of rotatable bonds is 4. The minimum Gasteiger partial charge on any atom is -0.369 e. The van der Waals surface area contributed by atoms with E-state index < -0.39 is 0 Å². The zero-order valence-corrected chi connectivity index (χ0v) is 12.9. The molecule has 2 saturated heterocycles. The Kier molecular flexibility index (Phi) is 3.72. The van der Waals surface area contributed by atoms with Gasteiger partial charge in [-0.05, 0) is 25.7 Å². The molecule has 23 heavy (non-hydrogen) atoms. The summed E-state index contributed by atoms with van der Waals surface area (Å²) >= 11 is 0. The molecule has 122 valence electrons. The molecule has 0 aromatic carbocycles. The fraction of sp³-hybridized carbons (Fsp3) is 0.625. The molecule has 1 aliphatic carbocycles. The van der Waals surface area contributed by atoms with Gasteiger partial charge >= 0.3 is 0 Å². The number of amides is 2. The number of nitrogens with one attached hydrogen (secondary N) is 1. The van der Waals surface area contributed by atoms with Crippen molar-refractivity contribution in [2.75, 3.05) is 13.1 Å². The van der Waals surface area contributed by atoms with Gasteiger partial charge in [0, 0.05) is 31.4 Å². The first-order chi connectivity index (χ1) is 11.2. The zero-order chi connectivity index (χ0) is 15.8. The number of nitrogens with zero attached hydrogens (tertiary/aromatic N) is 3. The van der Waals surface area contributed by atoms with Crippen LogP contribution in [0.15, 0.2) is 18.6 Å². The minimum atomic E-state index is -0.233. The van der Waals surface area contributed by atoms with Gasteiger partial charge in [0.1, 0.15) is 5.69 Å². The number of hydrogen-bond donors (Lipinski definition) is 1. The lowest BCUT2D eigenvalue weighted by Crippen LogP contribution is -2.66. The van der Waals surface area contributed by atoms with Crippen molar-refractivity contribution >= 4 is 11.8 Å². The van der Waals surface area contributed by atoms with Gasteiger partial charge in [0.15, 0.2) is 0 Å². The van der Waals surface area contributed by atoms with Crippen LogP contribution in [0.5, 0.6) is 0 Å². The Morgan fingerprint density at radius 2 is 2.13 bits per heavy atom. The number of likely N-dealkylation sites (tertiary alicyclic amines) is 1. The number of carbonyl (C=O) groups excluding carboxylic acids is 2. The molecule has 1 saturated carbocycles. The second kappa shape index (κ2) is 5.88. The van der Waals surface area contributed by atoms with Gasteiger partial charge in [-0.1, -0.05) is 0 Å². The second-order valence-corrected chi connectivity index (χ2v) is 6.51. The summed E-state index contributed by atoms with van der Waals surface area (Å²) in [7, 11) is 0. The van der Waals surface area contributed by atoms with Gasteiger partial charge in [-0.2, -0.15) is 0 Å². The Hall–Kier alpha value is -2.02. The minimum absolute atomic E-state index is 0.00930. The molecule has 1 N–H and O–H groups in total. The molecule has 2 amide bonds. The van der Waals surface area contributed by atoms with Gasteiger partial charge < -0.3 is 15.0 Å². The third-order valence-electron chi connectivity index (χ3n) is 4.85. The lowest BCUT2D eigenvalue weighted by molar-refractivity contribution is -0.182. The van der Waals surface area contributed by atoms with E-state index in [9.17, 15) is 9.59 Å². The van der Waals surface area contributed by atoms with Crippen molar-refractivity contribution in [3.05, 3.63) is 24.3 Å². The molecule has 2 aliphatic heterocycles. The summed E-state index contributed by atoms with van der Waals surface area (Å²) < 4.78 is 6.01. The van der Waals surface area contributed by atoms with Crippen LogP contribution in [0.25, 0.3) is 0 Å². The van der Waals surface area contributed by atoms with E-state index in [1.54, 1.807) is 0 Å². The Morgan fingerprint density at radius 3 is 2.83 bits per heavy atom. The summed E-state index contributed by atoms with van der Waals surface area (Å²) in [6.45, 7) is 1.17. The van der Waals surface area contributed by atoms with Crippen molar-refractivity contribution in [2.45, 2.75) is 43.9 Å². The Balaban J connectivity index is 1.24. The van der Waals surface area contributed by atoms with E-state index in [4.69, 9.17) is 4.74 Å². The molecule has 0 radical (unpaired) electrons. The van der Waals surface area contributed by atoms with Crippen molar-refractivity contribution in [1.82, 2.24) is 20.2 Å². The lowest BCUT2D eigenvalue weighted by Gasteiger charge is -2.52. The highest BCUT2D eigenvalue weighted by Crippen LogP contribution is 2.38. The zero-order valence-electron chi connectivity index (χ0n) is 12.9. The van der Waals surface area contributed by atoms with E-state index in [0.717, 1.165) is 25.7 Å². The van der Waals surface area contributed by atoms with Crippen LogP contribution in [0.3, 0.4) is 0 Å². The first-order valence-electron chi connectivity index (χ1n) is 8.22. The van der Waals surface area contributed by atoms with E-state index in [-0.39, 0.29) is 30.1 Å². The molecule has 0 unspecified atom stereocenters. The van der Waals surface area contributed by atoms with E-state index in [1.165, 1.54) is 18.6 Å². The van der Waals surface area contributed by atoms with Crippen LogP contribution in [0.1, 0.15) is 36.2 Å². The van der Waals surface area contributed by atoms with Crippen LogP contribution in [0.2, 0.25) is 0 Å².